The van der Waals surface area contributed by atoms with E-state index in [9.17, 15) is 4.79 Å². The zero-order valence-electron chi connectivity index (χ0n) is 15.4. The van der Waals surface area contributed by atoms with Crippen LogP contribution in [0.15, 0.2) is 24.3 Å². The zero-order chi connectivity index (χ0) is 17.5. The Morgan fingerprint density at radius 2 is 1.48 bits per heavy atom. The predicted molar refractivity (Wildman–Crippen MR) is 101 cm³/mol. The standard InChI is InChI=1S/C21H32N2O2/c1-25-19-14-12-16(13-15-19)20(22-17-8-4-2-5-9-17)21(24)23-18-10-6-3-7-11-18/h12-15,17-18,20,22H,2-11H2,1H3,(H,23,24). The molecule has 138 valence electrons. The number of amides is 1. The molecule has 0 aromatic heterocycles. The summed E-state index contributed by atoms with van der Waals surface area (Å²) in [7, 11) is 1.67. The van der Waals surface area contributed by atoms with E-state index in [1.807, 2.05) is 24.3 Å². The highest BCUT2D eigenvalue weighted by Gasteiger charge is 2.27. The Bertz CT molecular complexity index is 531. The van der Waals surface area contributed by atoms with Gasteiger partial charge in [-0.05, 0) is 43.4 Å². The van der Waals surface area contributed by atoms with Gasteiger partial charge in [-0.3, -0.25) is 10.1 Å². The lowest BCUT2D eigenvalue weighted by Gasteiger charge is -2.30. The van der Waals surface area contributed by atoms with E-state index in [1.165, 1.54) is 51.4 Å². The van der Waals surface area contributed by atoms with Crippen molar-refractivity contribution in [3.05, 3.63) is 29.8 Å². The van der Waals surface area contributed by atoms with E-state index in [2.05, 4.69) is 10.6 Å². The van der Waals surface area contributed by atoms with Gasteiger partial charge in [-0.2, -0.15) is 0 Å². The monoisotopic (exact) mass is 344 g/mol. The molecule has 0 bridgehead atoms. The molecule has 2 N–H and O–H groups in total. The Kier molecular flexibility index (Phi) is 6.74. The van der Waals surface area contributed by atoms with Gasteiger partial charge in [0.1, 0.15) is 11.8 Å². The summed E-state index contributed by atoms with van der Waals surface area (Å²) in [5.41, 5.74) is 1.03. The molecule has 3 rings (SSSR count). The van der Waals surface area contributed by atoms with Gasteiger partial charge in [0.25, 0.3) is 0 Å². The normalized spacial score (nSPS) is 20.8. The van der Waals surface area contributed by atoms with Gasteiger partial charge in [-0.25, -0.2) is 0 Å². The molecule has 0 aliphatic heterocycles. The topological polar surface area (TPSA) is 50.4 Å². The maximum absolute atomic E-state index is 13.0. The van der Waals surface area contributed by atoms with Crippen LogP contribution in [0.5, 0.6) is 5.75 Å². The Morgan fingerprint density at radius 3 is 2.04 bits per heavy atom. The van der Waals surface area contributed by atoms with Crippen LogP contribution in [-0.4, -0.2) is 25.1 Å². The van der Waals surface area contributed by atoms with Gasteiger partial charge in [0.2, 0.25) is 5.91 Å². The number of ether oxygens (including phenoxy) is 1. The van der Waals surface area contributed by atoms with E-state index < -0.39 is 0 Å². The molecule has 2 saturated carbocycles. The average Bonchev–Trinajstić information content (AvgIpc) is 2.68. The van der Waals surface area contributed by atoms with E-state index in [1.54, 1.807) is 7.11 Å². The van der Waals surface area contributed by atoms with Gasteiger partial charge in [0, 0.05) is 12.1 Å². The first-order valence-corrected chi connectivity index (χ1v) is 9.96. The first kappa shape index (κ1) is 18.2. The lowest BCUT2D eigenvalue weighted by molar-refractivity contribution is -0.124. The lowest BCUT2D eigenvalue weighted by Crippen LogP contribution is -2.46. The summed E-state index contributed by atoms with van der Waals surface area (Å²) in [6.45, 7) is 0. The second-order valence-corrected chi connectivity index (χ2v) is 7.55. The van der Waals surface area contributed by atoms with Crippen LogP contribution >= 0.6 is 0 Å². The SMILES string of the molecule is COc1ccc(C(NC2CCCCC2)C(=O)NC2CCCCC2)cc1. The minimum atomic E-state index is -0.268. The summed E-state index contributed by atoms with van der Waals surface area (Å²) in [5.74, 6) is 0.954. The smallest absolute Gasteiger partial charge is 0.241 e. The first-order valence-electron chi connectivity index (χ1n) is 9.96. The highest BCUT2D eigenvalue weighted by atomic mass is 16.5. The number of carbonyl (C=O) groups excluding carboxylic acids is 1. The van der Waals surface area contributed by atoms with Gasteiger partial charge in [-0.15, -0.1) is 0 Å². The van der Waals surface area contributed by atoms with Crippen molar-refractivity contribution in [2.45, 2.75) is 82.3 Å². The largest absolute Gasteiger partial charge is 0.497 e. The second kappa shape index (κ2) is 9.23. The number of nitrogens with one attached hydrogen (secondary N) is 2. The molecule has 1 unspecified atom stereocenters. The average molecular weight is 344 g/mol. The Balaban J connectivity index is 1.70. The Labute approximate surface area is 151 Å². The van der Waals surface area contributed by atoms with Crippen LogP contribution in [0.25, 0.3) is 0 Å². The molecule has 0 spiro atoms. The van der Waals surface area contributed by atoms with Crippen molar-refractivity contribution in [2.24, 2.45) is 0 Å². The van der Waals surface area contributed by atoms with Crippen LogP contribution in [-0.2, 0) is 4.79 Å². The van der Waals surface area contributed by atoms with E-state index in [4.69, 9.17) is 4.74 Å². The van der Waals surface area contributed by atoms with Crippen molar-refractivity contribution in [1.29, 1.82) is 0 Å². The highest BCUT2D eigenvalue weighted by molar-refractivity contribution is 5.83. The summed E-state index contributed by atoms with van der Waals surface area (Å²) in [6.07, 6.45) is 12.2. The van der Waals surface area contributed by atoms with Crippen molar-refractivity contribution in [3.8, 4) is 5.75 Å². The molecule has 2 fully saturated rings. The highest BCUT2D eigenvalue weighted by Crippen LogP contribution is 2.24. The number of hydrogen-bond donors (Lipinski definition) is 2. The quantitative estimate of drug-likeness (QED) is 0.816. The lowest BCUT2D eigenvalue weighted by atomic mass is 9.93. The molecular weight excluding hydrogens is 312 g/mol. The molecule has 25 heavy (non-hydrogen) atoms. The van der Waals surface area contributed by atoms with E-state index in [-0.39, 0.29) is 11.9 Å². The third kappa shape index (κ3) is 5.21. The third-order valence-corrected chi connectivity index (χ3v) is 5.67. The number of rotatable bonds is 6. The maximum Gasteiger partial charge on any atom is 0.241 e. The zero-order valence-corrected chi connectivity index (χ0v) is 15.4. The van der Waals surface area contributed by atoms with Gasteiger partial charge < -0.3 is 10.1 Å². The fourth-order valence-electron chi connectivity index (χ4n) is 4.16. The van der Waals surface area contributed by atoms with Crippen LogP contribution in [0, 0.1) is 0 Å². The van der Waals surface area contributed by atoms with E-state index in [0.29, 0.717) is 12.1 Å². The molecule has 2 aliphatic rings. The minimum Gasteiger partial charge on any atom is -0.497 e. The first-order chi connectivity index (χ1) is 12.3. The van der Waals surface area contributed by atoms with Crippen LogP contribution in [0.2, 0.25) is 0 Å². The van der Waals surface area contributed by atoms with Gasteiger partial charge in [-0.1, -0.05) is 50.7 Å². The Hall–Kier alpha value is -1.55. The molecule has 0 saturated heterocycles. The molecule has 1 aromatic rings. The van der Waals surface area contributed by atoms with Crippen molar-refractivity contribution >= 4 is 5.91 Å². The fourth-order valence-corrected chi connectivity index (χ4v) is 4.16. The predicted octanol–water partition coefficient (Wildman–Crippen LogP) is 4.11. The molecule has 0 heterocycles. The van der Waals surface area contributed by atoms with Crippen LogP contribution in [0.1, 0.15) is 75.8 Å². The van der Waals surface area contributed by atoms with Crippen LogP contribution in [0.4, 0.5) is 0 Å². The number of methoxy groups -OCH3 is 1. The van der Waals surface area contributed by atoms with Crippen LogP contribution in [0.3, 0.4) is 0 Å². The van der Waals surface area contributed by atoms with Crippen molar-refractivity contribution in [3.63, 3.8) is 0 Å². The fraction of sp³-hybridized carbons (Fsp3) is 0.667. The molecule has 1 amide bonds. The molecule has 0 radical (unpaired) electrons. The summed E-state index contributed by atoms with van der Waals surface area (Å²) in [6, 6.07) is 8.43. The van der Waals surface area contributed by atoms with Crippen molar-refractivity contribution in [2.75, 3.05) is 7.11 Å². The third-order valence-electron chi connectivity index (χ3n) is 5.67. The number of benzene rings is 1. The van der Waals surface area contributed by atoms with E-state index >= 15 is 0 Å². The second-order valence-electron chi connectivity index (χ2n) is 7.55. The van der Waals surface area contributed by atoms with Gasteiger partial charge in [0.05, 0.1) is 7.11 Å². The van der Waals surface area contributed by atoms with E-state index in [0.717, 1.165) is 24.2 Å². The van der Waals surface area contributed by atoms with Crippen molar-refractivity contribution in [1.82, 2.24) is 10.6 Å². The minimum absolute atomic E-state index is 0.127. The molecule has 2 aliphatic carbocycles. The number of hydrogen-bond acceptors (Lipinski definition) is 3. The summed E-state index contributed by atoms with van der Waals surface area (Å²) in [4.78, 5) is 13.0. The van der Waals surface area contributed by atoms with Gasteiger partial charge >= 0.3 is 0 Å². The molecule has 4 nitrogen and oxygen atoms in total. The Morgan fingerprint density at radius 1 is 0.920 bits per heavy atom. The molecule has 1 atom stereocenters. The summed E-state index contributed by atoms with van der Waals surface area (Å²) in [5, 5.41) is 6.95. The number of carbonyl (C=O) groups is 1. The van der Waals surface area contributed by atoms with Crippen LogP contribution < -0.4 is 15.4 Å². The maximum atomic E-state index is 13.0. The van der Waals surface area contributed by atoms with Gasteiger partial charge in [0.15, 0.2) is 0 Å². The summed E-state index contributed by atoms with van der Waals surface area (Å²) >= 11 is 0. The molecular formula is C21H32N2O2. The summed E-state index contributed by atoms with van der Waals surface area (Å²) < 4.78 is 5.26. The molecule has 4 heteroatoms. The molecule has 1 aromatic carbocycles. The van der Waals surface area contributed by atoms with Crippen molar-refractivity contribution < 1.29 is 9.53 Å².